The molecule has 0 radical (unpaired) electrons. The van der Waals surface area contributed by atoms with E-state index in [1.54, 1.807) is 7.11 Å². The lowest BCUT2D eigenvalue weighted by Gasteiger charge is -2.20. The van der Waals surface area contributed by atoms with Crippen LogP contribution in [0.3, 0.4) is 0 Å². The minimum absolute atomic E-state index is 0.109. The van der Waals surface area contributed by atoms with Crippen molar-refractivity contribution < 1.29 is 19.1 Å². The van der Waals surface area contributed by atoms with Gasteiger partial charge in [-0.15, -0.1) is 0 Å². The molecule has 0 spiro atoms. The van der Waals surface area contributed by atoms with Crippen molar-refractivity contribution in [2.24, 2.45) is 0 Å². The van der Waals surface area contributed by atoms with Crippen molar-refractivity contribution >= 4 is 22.8 Å². The Morgan fingerprint density at radius 1 is 0.886 bits per heavy atom. The minimum atomic E-state index is -0.566. The van der Waals surface area contributed by atoms with E-state index in [9.17, 15) is 9.59 Å². The van der Waals surface area contributed by atoms with Gasteiger partial charge in [0.15, 0.2) is 0 Å². The highest BCUT2D eigenvalue weighted by Gasteiger charge is 2.21. The largest absolute Gasteiger partial charge is 0.497 e. The number of fused-ring (bicyclic) bond motifs is 1. The summed E-state index contributed by atoms with van der Waals surface area (Å²) in [5, 5.41) is 4.19. The van der Waals surface area contributed by atoms with E-state index in [1.807, 2.05) is 94.4 Å². The fourth-order valence-corrected chi connectivity index (χ4v) is 5.47. The number of nitrogens with zero attached hydrogens (tertiary/aromatic N) is 1. The Morgan fingerprint density at radius 3 is 2.23 bits per heavy atom. The Morgan fingerprint density at radius 2 is 1.57 bits per heavy atom. The van der Waals surface area contributed by atoms with Gasteiger partial charge in [0, 0.05) is 28.7 Å². The van der Waals surface area contributed by atoms with Crippen LogP contribution in [0.5, 0.6) is 5.75 Å². The molecule has 1 atom stereocenters. The van der Waals surface area contributed by atoms with Gasteiger partial charge in [-0.3, -0.25) is 4.79 Å². The number of aryl methyl sites for hydroxylation is 1. The van der Waals surface area contributed by atoms with Crippen molar-refractivity contribution in [3.8, 4) is 16.9 Å². The third kappa shape index (κ3) is 6.55. The standard InChI is InChI=1S/C38H40N2O4/c1-24-26(3)40(23-27-12-14-29(15-13-27)32-10-8-9-11-33(32)37(42)44-38(4,5)6)35-21-18-30(22-34(24)35)36(41)39-25(2)28-16-19-31(43-7)20-17-28/h8-22,25H,23H2,1-7H3,(H,39,41)/t25-/m1/s1. The third-order valence-electron chi connectivity index (χ3n) is 8.02. The molecule has 5 rings (SSSR count). The van der Waals surface area contributed by atoms with E-state index in [0.29, 0.717) is 17.7 Å². The van der Waals surface area contributed by atoms with E-state index in [-0.39, 0.29) is 17.9 Å². The zero-order valence-electron chi connectivity index (χ0n) is 26.5. The first-order valence-electron chi connectivity index (χ1n) is 14.9. The molecular formula is C38H40N2O4. The van der Waals surface area contributed by atoms with E-state index in [2.05, 4.69) is 48.0 Å². The maximum atomic E-state index is 13.2. The highest BCUT2D eigenvalue weighted by Crippen LogP contribution is 2.30. The number of carbonyl (C=O) groups excluding carboxylic acids is 2. The van der Waals surface area contributed by atoms with Crippen LogP contribution in [-0.2, 0) is 11.3 Å². The first kappa shape index (κ1) is 30.6. The van der Waals surface area contributed by atoms with E-state index in [1.165, 1.54) is 0 Å². The number of ether oxygens (including phenoxy) is 2. The Bertz CT molecular complexity index is 1810. The summed E-state index contributed by atoms with van der Waals surface area (Å²) in [5.74, 6) is 0.347. The average Bonchev–Trinajstić information content (AvgIpc) is 3.24. The molecule has 1 N–H and O–H groups in total. The summed E-state index contributed by atoms with van der Waals surface area (Å²) in [7, 11) is 1.64. The molecule has 6 heteroatoms. The summed E-state index contributed by atoms with van der Waals surface area (Å²) in [6, 6.07) is 29.4. The Labute approximate surface area is 259 Å². The number of carbonyl (C=O) groups is 2. The quantitative estimate of drug-likeness (QED) is 0.185. The summed E-state index contributed by atoms with van der Waals surface area (Å²) in [5.41, 5.74) is 7.96. The fraction of sp³-hybridized carbons (Fsp3) is 0.263. The van der Waals surface area contributed by atoms with Gasteiger partial charge in [-0.05, 0) is 106 Å². The number of hydrogen-bond acceptors (Lipinski definition) is 4. The predicted molar refractivity (Wildman–Crippen MR) is 176 cm³/mol. The van der Waals surface area contributed by atoms with Crippen molar-refractivity contribution in [2.75, 3.05) is 7.11 Å². The molecule has 1 amide bonds. The molecule has 6 nitrogen and oxygen atoms in total. The molecule has 0 fully saturated rings. The number of rotatable bonds is 8. The van der Waals surface area contributed by atoms with Crippen LogP contribution in [0.15, 0.2) is 91.0 Å². The first-order valence-corrected chi connectivity index (χ1v) is 14.9. The van der Waals surface area contributed by atoms with E-state index >= 15 is 0 Å². The van der Waals surface area contributed by atoms with Gasteiger partial charge in [-0.2, -0.15) is 0 Å². The molecule has 0 aliphatic rings. The van der Waals surface area contributed by atoms with Gasteiger partial charge in [-0.25, -0.2) is 4.79 Å². The molecular weight excluding hydrogens is 548 g/mol. The lowest BCUT2D eigenvalue weighted by Crippen LogP contribution is -2.26. The highest BCUT2D eigenvalue weighted by atomic mass is 16.6. The van der Waals surface area contributed by atoms with Crippen LogP contribution in [-0.4, -0.2) is 29.2 Å². The van der Waals surface area contributed by atoms with E-state index < -0.39 is 5.60 Å². The van der Waals surface area contributed by atoms with Crippen LogP contribution in [0.1, 0.15) is 76.8 Å². The van der Waals surface area contributed by atoms with Crippen LogP contribution >= 0.6 is 0 Å². The number of esters is 1. The molecule has 0 bridgehead atoms. The fourth-order valence-electron chi connectivity index (χ4n) is 5.47. The zero-order valence-corrected chi connectivity index (χ0v) is 26.5. The number of benzene rings is 4. The SMILES string of the molecule is COc1ccc([C@@H](C)NC(=O)c2ccc3c(c2)c(C)c(C)n3Cc2ccc(-c3ccccc3C(=O)OC(C)(C)C)cc2)cc1. The van der Waals surface area contributed by atoms with Gasteiger partial charge < -0.3 is 19.4 Å². The summed E-state index contributed by atoms with van der Waals surface area (Å²) >= 11 is 0. The minimum Gasteiger partial charge on any atom is -0.497 e. The van der Waals surface area contributed by atoms with Gasteiger partial charge in [-0.1, -0.05) is 54.6 Å². The first-order chi connectivity index (χ1) is 20.9. The van der Waals surface area contributed by atoms with Crippen LogP contribution in [0.2, 0.25) is 0 Å². The average molecular weight is 589 g/mol. The molecule has 1 aromatic heterocycles. The third-order valence-corrected chi connectivity index (χ3v) is 8.02. The molecule has 0 aliphatic carbocycles. The number of nitrogens with one attached hydrogen (secondary N) is 1. The smallest absolute Gasteiger partial charge is 0.339 e. The maximum Gasteiger partial charge on any atom is 0.339 e. The maximum absolute atomic E-state index is 13.2. The van der Waals surface area contributed by atoms with Crippen LogP contribution in [0, 0.1) is 13.8 Å². The second-order valence-corrected chi connectivity index (χ2v) is 12.2. The summed E-state index contributed by atoms with van der Waals surface area (Å²) < 4.78 is 13.2. The number of amides is 1. The predicted octanol–water partition coefficient (Wildman–Crippen LogP) is 8.43. The molecule has 0 saturated carbocycles. The van der Waals surface area contributed by atoms with Crippen molar-refractivity contribution in [2.45, 2.75) is 59.7 Å². The zero-order chi connectivity index (χ0) is 31.6. The van der Waals surface area contributed by atoms with Crippen molar-refractivity contribution in [3.63, 3.8) is 0 Å². The normalized spacial score (nSPS) is 12.2. The second-order valence-electron chi connectivity index (χ2n) is 12.2. The lowest BCUT2D eigenvalue weighted by atomic mass is 9.98. The van der Waals surface area contributed by atoms with Crippen LogP contribution in [0.25, 0.3) is 22.0 Å². The number of aromatic nitrogens is 1. The molecule has 0 saturated heterocycles. The molecule has 0 unspecified atom stereocenters. The molecule has 226 valence electrons. The lowest BCUT2D eigenvalue weighted by molar-refractivity contribution is 0.00703. The van der Waals surface area contributed by atoms with Gasteiger partial charge in [0.05, 0.1) is 18.7 Å². The second kappa shape index (κ2) is 12.4. The van der Waals surface area contributed by atoms with E-state index in [0.717, 1.165) is 50.2 Å². The topological polar surface area (TPSA) is 69.6 Å². The Kier molecular flexibility index (Phi) is 8.63. The van der Waals surface area contributed by atoms with Gasteiger partial charge in [0.25, 0.3) is 5.91 Å². The van der Waals surface area contributed by atoms with Crippen LogP contribution < -0.4 is 10.1 Å². The molecule has 0 aliphatic heterocycles. The van der Waals surface area contributed by atoms with Crippen LogP contribution in [0.4, 0.5) is 0 Å². The number of hydrogen-bond donors (Lipinski definition) is 1. The molecule has 1 heterocycles. The van der Waals surface area contributed by atoms with Crippen molar-refractivity contribution in [1.29, 1.82) is 0 Å². The van der Waals surface area contributed by atoms with Gasteiger partial charge in [0.1, 0.15) is 11.4 Å². The summed E-state index contributed by atoms with van der Waals surface area (Å²) in [6.07, 6.45) is 0. The highest BCUT2D eigenvalue weighted by molar-refractivity contribution is 5.99. The summed E-state index contributed by atoms with van der Waals surface area (Å²) in [6.45, 7) is 12.5. The van der Waals surface area contributed by atoms with Gasteiger partial charge >= 0.3 is 5.97 Å². The molecule has 5 aromatic rings. The Hall–Kier alpha value is -4.84. The Balaban J connectivity index is 1.35. The number of methoxy groups -OCH3 is 1. The molecule has 4 aromatic carbocycles. The van der Waals surface area contributed by atoms with Crippen molar-refractivity contribution in [3.05, 3.63) is 125 Å². The monoisotopic (exact) mass is 588 g/mol. The summed E-state index contributed by atoms with van der Waals surface area (Å²) in [4.78, 5) is 26.1. The van der Waals surface area contributed by atoms with Crippen molar-refractivity contribution in [1.82, 2.24) is 9.88 Å². The molecule has 44 heavy (non-hydrogen) atoms. The van der Waals surface area contributed by atoms with Gasteiger partial charge in [0.2, 0.25) is 0 Å². The van der Waals surface area contributed by atoms with E-state index in [4.69, 9.17) is 9.47 Å².